The zero-order valence-corrected chi connectivity index (χ0v) is 25.7. The Morgan fingerprint density at radius 3 is 2.50 bits per heavy atom. The third-order valence-electron chi connectivity index (χ3n) is 6.77. The van der Waals surface area contributed by atoms with E-state index in [0.29, 0.717) is 0 Å². The van der Waals surface area contributed by atoms with E-state index < -0.39 is 63.0 Å². The van der Waals surface area contributed by atoms with Gasteiger partial charge in [0.2, 0.25) is 5.88 Å². The second kappa shape index (κ2) is 12.1. The normalized spacial score (nSPS) is 21.5. The van der Waals surface area contributed by atoms with Gasteiger partial charge in [0.15, 0.2) is 12.4 Å². The number of amidine groups is 1. The summed E-state index contributed by atoms with van der Waals surface area (Å²) >= 11 is 0. The van der Waals surface area contributed by atoms with Gasteiger partial charge in [-0.3, -0.25) is 10.3 Å². The number of rotatable bonds is 7. The maximum absolute atomic E-state index is 15.5. The summed E-state index contributed by atoms with van der Waals surface area (Å²) in [6.45, 7) is 5.94. The van der Waals surface area contributed by atoms with Crippen molar-refractivity contribution in [1.82, 2.24) is 20.4 Å². The van der Waals surface area contributed by atoms with Crippen molar-refractivity contribution in [2.75, 3.05) is 26.1 Å². The lowest BCUT2D eigenvalue weighted by Crippen LogP contribution is -2.59. The summed E-state index contributed by atoms with van der Waals surface area (Å²) in [5.41, 5.74) is -2.42. The number of nitrogens with zero attached hydrogens (tertiary/aromatic N) is 5. The van der Waals surface area contributed by atoms with Gasteiger partial charge in [0, 0.05) is 24.2 Å². The maximum atomic E-state index is 15.5. The summed E-state index contributed by atoms with van der Waals surface area (Å²) in [7, 11) is -2.02. The van der Waals surface area contributed by atoms with E-state index in [1.807, 2.05) is 0 Å². The Bertz CT molecular complexity index is 1680. The molecule has 16 heteroatoms. The fourth-order valence-corrected chi connectivity index (χ4v) is 6.71. The van der Waals surface area contributed by atoms with Crippen molar-refractivity contribution in [3.8, 4) is 28.6 Å². The van der Waals surface area contributed by atoms with Crippen LogP contribution in [0.1, 0.15) is 40.2 Å². The van der Waals surface area contributed by atoms with Gasteiger partial charge in [-0.2, -0.15) is 0 Å². The highest BCUT2D eigenvalue weighted by atomic mass is 32.2. The van der Waals surface area contributed by atoms with Crippen LogP contribution in [0.15, 0.2) is 50.5 Å². The number of benzene rings is 1. The number of alkyl halides is 3. The van der Waals surface area contributed by atoms with Gasteiger partial charge in [-0.05, 0) is 52.8 Å². The molecule has 1 aliphatic rings. The molecule has 0 fully saturated rings. The molecule has 0 saturated carbocycles. The van der Waals surface area contributed by atoms with Gasteiger partial charge < -0.3 is 14.0 Å². The predicted octanol–water partition coefficient (Wildman–Crippen LogP) is 5.56. The standard InChI is InChI=1S/C28H32F4N6O5S/c1-26(2,3)42-25(39)36-24-27(4,5)44(40,33-6)15-28(14-29,37-24)17-9-16(7-8-18(17)30)21-10-19(38-43-21)20-11-35-23(12-34-20)41-13-22(31)32/h7-12,22H,13-15H2,1-6H3,(H,36,37,39)/t28-,44+/m0/s1. The minimum absolute atomic E-state index is 0.107. The molecule has 0 unspecified atom stereocenters. The van der Waals surface area contributed by atoms with Crippen LogP contribution in [0.4, 0.5) is 22.4 Å². The lowest BCUT2D eigenvalue weighted by atomic mass is 9.90. The number of nitrogens with one attached hydrogen (secondary N) is 1. The third kappa shape index (κ3) is 6.69. The first-order chi connectivity index (χ1) is 20.5. The lowest BCUT2D eigenvalue weighted by molar-refractivity contribution is 0.0560. The van der Waals surface area contributed by atoms with Gasteiger partial charge in [-0.25, -0.2) is 40.9 Å². The lowest BCUT2D eigenvalue weighted by Gasteiger charge is -2.42. The van der Waals surface area contributed by atoms with Crippen molar-refractivity contribution in [2.24, 2.45) is 9.36 Å². The van der Waals surface area contributed by atoms with Crippen LogP contribution in [0.3, 0.4) is 0 Å². The van der Waals surface area contributed by atoms with E-state index >= 15 is 8.78 Å². The predicted molar refractivity (Wildman–Crippen MR) is 154 cm³/mol. The Balaban J connectivity index is 1.74. The van der Waals surface area contributed by atoms with Gasteiger partial charge in [0.1, 0.15) is 45.6 Å². The molecule has 2 aromatic heterocycles. The molecular formula is C28H32F4N6O5S. The van der Waals surface area contributed by atoms with Gasteiger partial charge in [0.25, 0.3) is 6.43 Å². The molecule has 0 spiro atoms. The van der Waals surface area contributed by atoms with E-state index in [2.05, 4.69) is 29.8 Å². The molecule has 0 saturated heterocycles. The minimum Gasteiger partial charge on any atom is -0.470 e. The first-order valence-electron chi connectivity index (χ1n) is 13.3. The average molecular weight is 641 g/mol. The Hall–Kier alpha value is -4.08. The van der Waals surface area contributed by atoms with E-state index in [0.717, 1.165) is 12.3 Å². The highest BCUT2D eigenvalue weighted by Crippen LogP contribution is 2.41. The quantitative estimate of drug-likeness (QED) is 0.331. The monoisotopic (exact) mass is 640 g/mol. The van der Waals surface area contributed by atoms with Crippen LogP contribution in [-0.2, 0) is 20.0 Å². The van der Waals surface area contributed by atoms with Crippen molar-refractivity contribution in [3.05, 3.63) is 48.0 Å². The Kier molecular flexibility index (Phi) is 9.05. The highest BCUT2D eigenvalue weighted by Gasteiger charge is 2.52. The smallest absolute Gasteiger partial charge is 0.413 e. The first-order valence-corrected chi connectivity index (χ1v) is 15.0. The molecule has 3 aromatic rings. The van der Waals surface area contributed by atoms with Crippen LogP contribution >= 0.6 is 0 Å². The summed E-state index contributed by atoms with van der Waals surface area (Å²) < 4.78 is 87.8. The Labute approximate surface area is 251 Å². The van der Waals surface area contributed by atoms with Crippen LogP contribution in [0, 0.1) is 5.82 Å². The van der Waals surface area contributed by atoms with Crippen molar-refractivity contribution in [3.63, 3.8) is 0 Å². The van der Waals surface area contributed by atoms with Crippen LogP contribution in [-0.4, -0.2) is 74.1 Å². The first kappa shape index (κ1) is 32.8. The fraction of sp³-hybridized carbons (Fsp3) is 0.464. The molecule has 0 aliphatic carbocycles. The number of aromatic nitrogens is 3. The van der Waals surface area contributed by atoms with Gasteiger partial charge in [-0.15, -0.1) is 0 Å². The van der Waals surface area contributed by atoms with E-state index in [-0.39, 0.29) is 40.0 Å². The van der Waals surface area contributed by atoms with E-state index in [1.54, 1.807) is 34.6 Å². The molecule has 11 nitrogen and oxygen atoms in total. The summed E-state index contributed by atoms with van der Waals surface area (Å²) in [5.74, 6) is -1.45. The van der Waals surface area contributed by atoms with E-state index in [1.165, 1.54) is 31.4 Å². The van der Waals surface area contributed by atoms with Crippen LogP contribution in [0.2, 0.25) is 0 Å². The number of alkyl carbamates (subject to hydrolysis) is 1. The molecule has 44 heavy (non-hydrogen) atoms. The SMILES string of the molecule is CN=[S@@]1(=O)C[C@@](CF)(c2cc(-c3cc(-c4cnc(OCC(F)F)cn4)no3)ccc2F)N=C(NC(=O)OC(C)(C)C)C1(C)C. The molecule has 2 atom stereocenters. The Morgan fingerprint density at radius 2 is 1.91 bits per heavy atom. The molecule has 0 bridgehead atoms. The number of amides is 1. The summed E-state index contributed by atoms with van der Waals surface area (Å²) in [4.78, 5) is 25.2. The number of carbonyl (C=O) groups excluding carboxylic acids is 1. The number of ether oxygens (including phenoxy) is 2. The number of aliphatic imine (C=N–C) groups is 1. The molecule has 1 aromatic carbocycles. The molecule has 1 aliphatic heterocycles. The largest absolute Gasteiger partial charge is 0.470 e. The molecule has 4 rings (SSSR count). The number of halogens is 4. The van der Waals surface area contributed by atoms with Crippen LogP contribution < -0.4 is 10.1 Å². The number of hydrogen-bond donors (Lipinski definition) is 1. The number of carbonyl (C=O) groups is 1. The second-order valence-corrected chi connectivity index (χ2v) is 14.4. The summed E-state index contributed by atoms with van der Waals surface area (Å²) in [6.07, 6.45) is -1.18. The van der Waals surface area contributed by atoms with E-state index in [4.69, 9.17) is 14.0 Å². The van der Waals surface area contributed by atoms with Gasteiger partial charge in [0.05, 0.1) is 27.9 Å². The van der Waals surface area contributed by atoms with Crippen molar-refractivity contribution in [1.29, 1.82) is 0 Å². The van der Waals surface area contributed by atoms with E-state index in [9.17, 15) is 17.8 Å². The minimum atomic E-state index is -3.34. The zero-order valence-electron chi connectivity index (χ0n) is 24.9. The van der Waals surface area contributed by atoms with Crippen LogP contribution in [0.5, 0.6) is 5.88 Å². The highest BCUT2D eigenvalue weighted by molar-refractivity contribution is 7.95. The molecule has 3 heterocycles. The third-order valence-corrected chi connectivity index (χ3v) is 10.0. The second-order valence-electron chi connectivity index (χ2n) is 11.4. The maximum Gasteiger partial charge on any atom is 0.413 e. The van der Waals surface area contributed by atoms with Crippen molar-refractivity contribution in [2.45, 2.75) is 56.9 Å². The zero-order chi connectivity index (χ0) is 32.5. The summed E-state index contributed by atoms with van der Waals surface area (Å²) in [5, 5.41) is 6.43. The molecule has 1 amide bonds. The Morgan fingerprint density at radius 1 is 1.18 bits per heavy atom. The van der Waals surface area contributed by atoms with Crippen LogP contribution in [0.25, 0.3) is 22.7 Å². The molecule has 0 radical (unpaired) electrons. The summed E-state index contributed by atoms with van der Waals surface area (Å²) in [6, 6.07) is 5.23. The number of hydrogen-bond acceptors (Lipinski definition) is 10. The molecule has 1 N–H and O–H groups in total. The topological polar surface area (TPSA) is 141 Å². The molecule has 238 valence electrons. The van der Waals surface area contributed by atoms with Gasteiger partial charge >= 0.3 is 6.09 Å². The average Bonchev–Trinajstić information content (AvgIpc) is 3.44. The fourth-order valence-electron chi connectivity index (χ4n) is 4.42. The van der Waals surface area contributed by atoms with Crippen molar-refractivity contribution < 1.29 is 40.6 Å². The van der Waals surface area contributed by atoms with Crippen molar-refractivity contribution >= 4 is 21.7 Å². The van der Waals surface area contributed by atoms with Gasteiger partial charge in [-0.1, -0.05) is 5.16 Å². The molecular weight excluding hydrogens is 608 g/mol.